The third-order valence-corrected chi connectivity index (χ3v) is 11.6. The molecule has 0 bridgehead atoms. The molecule has 1 radical (unpaired) electrons. The molecule has 3 aliphatic rings. The third kappa shape index (κ3) is 5.89. The summed E-state index contributed by atoms with van der Waals surface area (Å²) >= 11 is 0. The van der Waals surface area contributed by atoms with Gasteiger partial charge >= 0.3 is 6.18 Å². The van der Waals surface area contributed by atoms with Crippen molar-refractivity contribution >= 4 is 25.0 Å². The minimum absolute atomic E-state index is 0.0163. The molecule has 6 rings (SSSR count). The van der Waals surface area contributed by atoms with Crippen LogP contribution in [0.25, 0.3) is 5.57 Å². The summed E-state index contributed by atoms with van der Waals surface area (Å²) in [7, 11) is -1.40. The summed E-state index contributed by atoms with van der Waals surface area (Å²) in [4.78, 5) is 4.96. The molecule has 3 aliphatic carbocycles. The molecule has 1 heterocycles. The molecule has 4 nitrogen and oxygen atoms in total. The molecule has 0 saturated heterocycles. The molecule has 223 valence electrons. The Labute approximate surface area is 249 Å². The minimum atomic E-state index is -4.14. The van der Waals surface area contributed by atoms with Gasteiger partial charge in [0.25, 0.3) is 9.04 Å². The Morgan fingerprint density at radius 2 is 1.57 bits per heavy atom. The van der Waals surface area contributed by atoms with E-state index in [-0.39, 0.29) is 30.4 Å². The SMILES string of the molecule is CC(C)n1nc(C2=CCC(C(F)(F)F)CC2)nc1C1C2CC(O[Si](c3ccccc3)c3ccc(C(C)(C)C)cc3)CC21. The van der Waals surface area contributed by atoms with Crippen molar-refractivity contribution in [3.63, 3.8) is 0 Å². The Morgan fingerprint density at radius 1 is 0.929 bits per heavy atom. The van der Waals surface area contributed by atoms with E-state index in [1.165, 1.54) is 15.9 Å². The smallest absolute Gasteiger partial charge is 0.392 e. The quantitative estimate of drug-likeness (QED) is 0.272. The van der Waals surface area contributed by atoms with Gasteiger partial charge < -0.3 is 4.43 Å². The van der Waals surface area contributed by atoms with Crippen molar-refractivity contribution < 1.29 is 17.6 Å². The maximum Gasteiger partial charge on any atom is 0.392 e. The van der Waals surface area contributed by atoms with Gasteiger partial charge in [-0.1, -0.05) is 81.4 Å². The predicted molar refractivity (Wildman–Crippen MR) is 162 cm³/mol. The Bertz CT molecular complexity index is 1410. The third-order valence-electron chi connectivity index (χ3n) is 9.34. The van der Waals surface area contributed by atoms with Crippen LogP contribution in [-0.4, -0.2) is 36.1 Å². The molecule has 0 aliphatic heterocycles. The second-order valence-electron chi connectivity index (χ2n) is 13.7. The van der Waals surface area contributed by atoms with Gasteiger partial charge in [-0.25, -0.2) is 9.67 Å². The van der Waals surface area contributed by atoms with Crippen LogP contribution >= 0.6 is 0 Å². The topological polar surface area (TPSA) is 39.9 Å². The summed E-state index contributed by atoms with van der Waals surface area (Å²) in [5.74, 6) is 1.73. The summed E-state index contributed by atoms with van der Waals surface area (Å²) in [5.41, 5.74) is 2.29. The maximum absolute atomic E-state index is 13.2. The highest BCUT2D eigenvalue weighted by Crippen LogP contribution is 2.63. The van der Waals surface area contributed by atoms with E-state index in [0.29, 0.717) is 30.0 Å². The van der Waals surface area contributed by atoms with Gasteiger partial charge in [-0.15, -0.1) is 0 Å². The van der Waals surface area contributed by atoms with Crippen molar-refractivity contribution in [2.24, 2.45) is 17.8 Å². The van der Waals surface area contributed by atoms with E-state index in [9.17, 15) is 13.2 Å². The summed E-state index contributed by atoms with van der Waals surface area (Å²) in [6.07, 6.45) is 0.299. The Kier molecular flexibility index (Phi) is 7.75. The number of rotatable bonds is 7. The molecular formula is C34H41F3N3OSi. The Balaban J connectivity index is 1.16. The van der Waals surface area contributed by atoms with Crippen LogP contribution in [0.5, 0.6) is 0 Å². The van der Waals surface area contributed by atoms with Crippen LogP contribution in [0.2, 0.25) is 0 Å². The van der Waals surface area contributed by atoms with E-state index in [1.807, 2.05) is 4.68 Å². The van der Waals surface area contributed by atoms with Gasteiger partial charge in [0.2, 0.25) is 0 Å². The van der Waals surface area contributed by atoms with Crippen LogP contribution in [0.15, 0.2) is 60.7 Å². The average molecular weight is 593 g/mol. The summed E-state index contributed by atoms with van der Waals surface area (Å²) in [5, 5.41) is 7.35. The molecule has 42 heavy (non-hydrogen) atoms. The second-order valence-corrected chi connectivity index (χ2v) is 15.7. The van der Waals surface area contributed by atoms with Gasteiger partial charge in [-0.2, -0.15) is 18.3 Å². The van der Waals surface area contributed by atoms with Crippen LogP contribution in [0.3, 0.4) is 0 Å². The molecule has 3 atom stereocenters. The van der Waals surface area contributed by atoms with Crippen LogP contribution in [0, 0.1) is 17.8 Å². The van der Waals surface area contributed by atoms with Crippen molar-refractivity contribution in [1.29, 1.82) is 0 Å². The summed E-state index contributed by atoms with van der Waals surface area (Å²) in [6, 6.07) is 19.8. The molecular weight excluding hydrogens is 551 g/mol. The van der Waals surface area contributed by atoms with Gasteiger partial charge in [0.1, 0.15) is 5.82 Å². The van der Waals surface area contributed by atoms with Crippen LogP contribution in [-0.2, 0) is 9.84 Å². The lowest BCUT2D eigenvalue weighted by Gasteiger charge is -2.24. The monoisotopic (exact) mass is 592 g/mol. The molecule has 0 N–H and O–H groups in total. The molecule has 2 aromatic carbocycles. The number of hydrogen-bond acceptors (Lipinski definition) is 3. The van der Waals surface area contributed by atoms with Crippen molar-refractivity contribution in [3.8, 4) is 0 Å². The molecule has 2 fully saturated rings. The zero-order valence-electron chi connectivity index (χ0n) is 25.2. The van der Waals surface area contributed by atoms with E-state index in [0.717, 1.165) is 24.2 Å². The van der Waals surface area contributed by atoms with Gasteiger partial charge in [-0.3, -0.25) is 0 Å². The largest absolute Gasteiger partial charge is 0.404 e. The number of benzene rings is 2. The highest BCUT2D eigenvalue weighted by molar-refractivity contribution is 6.80. The summed E-state index contributed by atoms with van der Waals surface area (Å²) < 4.78 is 48.5. The van der Waals surface area contributed by atoms with Crippen LogP contribution in [0.4, 0.5) is 13.2 Å². The van der Waals surface area contributed by atoms with Crippen LogP contribution < -0.4 is 10.4 Å². The van der Waals surface area contributed by atoms with E-state index >= 15 is 0 Å². The fourth-order valence-corrected chi connectivity index (χ4v) is 8.96. The van der Waals surface area contributed by atoms with E-state index in [2.05, 4.69) is 89.2 Å². The first-order valence-corrected chi connectivity index (χ1v) is 16.7. The molecule has 3 aromatic rings. The molecule has 8 heteroatoms. The zero-order chi connectivity index (χ0) is 29.8. The second kappa shape index (κ2) is 11.1. The number of halogens is 3. The first kappa shape index (κ1) is 29.4. The molecule has 3 unspecified atom stereocenters. The number of aromatic nitrogens is 3. The standard InChI is InChI=1S/C34H41F3N3OSi/c1-21(2)40-32(38-31(39-40)22-11-13-24(14-12-22)34(35,36)37)30-28-19-25(20-29(28)30)41-42(26-9-7-6-8-10-26)27-17-15-23(16-18-27)33(3,4)5/h6-11,15-18,21,24-25,28-30H,12-14,19-20H2,1-5H3. The van der Waals surface area contributed by atoms with Crippen LogP contribution in [0.1, 0.15) is 95.9 Å². The van der Waals surface area contributed by atoms with Gasteiger partial charge in [0.05, 0.1) is 5.92 Å². The van der Waals surface area contributed by atoms with Gasteiger partial charge in [-0.05, 0) is 84.7 Å². The van der Waals surface area contributed by atoms with E-state index in [4.69, 9.17) is 14.5 Å². The highest BCUT2D eigenvalue weighted by atomic mass is 28.3. The predicted octanol–water partition coefficient (Wildman–Crippen LogP) is 7.22. The molecule has 0 amide bonds. The molecule has 0 spiro atoms. The number of fused-ring (bicyclic) bond motifs is 1. The lowest BCUT2D eigenvalue weighted by Crippen LogP contribution is -2.47. The van der Waals surface area contributed by atoms with Gasteiger partial charge in [0.15, 0.2) is 5.82 Å². The average Bonchev–Trinajstić information content (AvgIpc) is 3.27. The fraction of sp³-hybridized carbons (Fsp3) is 0.529. The Hall–Kier alpha value is -2.71. The minimum Gasteiger partial charge on any atom is -0.404 e. The number of hydrogen-bond donors (Lipinski definition) is 0. The first-order valence-electron chi connectivity index (χ1n) is 15.3. The summed E-state index contributed by atoms with van der Waals surface area (Å²) in [6.45, 7) is 10.9. The van der Waals surface area contributed by atoms with Crippen molar-refractivity contribution in [2.45, 2.75) is 96.4 Å². The van der Waals surface area contributed by atoms with Gasteiger partial charge in [0, 0.05) is 18.1 Å². The normalized spacial score (nSPS) is 26.0. The first-order chi connectivity index (χ1) is 19.9. The Morgan fingerprint density at radius 3 is 2.12 bits per heavy atom. The van der Waals surface area contributed by atoms with E-state index in [1.54, 1.807) is 6.08 Å². The number of nitrogens with zero attached hydrogens (tertiary/aromatic N) is 3. The van der Waals surface area contributed by atoms with Crippen molar-refractivity contribution in [1.82, 2.24) is 14.8 Å². The maximum atomic E-state index is 13.2. The molecule has 2 saturated carbocycles. The van der Waals surface area contributed by atoms with Crippen molar-refractivity contribution in [3.05, 3.63) is 77.9 Å². The lowest BCUT2D eigenvalue weighted by molar-refractivity contribution is -0.175. The fourth-order valence-electron chi connectivity index (χ4n) is 6.86. The lowest BCUT2D eigenvalue weighted by atomic mass is 9.87. The van der Waals surface area contributed by atoms with Crippen molar-refractivity contribution in [2.75, 3.05) is 0 Å². The highest BCUT2D eigenvalue weighted by Gasteiger charge is 2.59. The van der Waals surface area contributed by atoms with E-state index < -0.39 is 21.1 Å². The zero-order valence-corrected chi connectivity index (χ0v) is 26.2. The number of allylic oxidation sites excluding steroid dienone is 2. The number of alkyl halides is 3. The molecule has 1 aromatic heterocycles.